The summed E-state index contributed by atoms with van der Waals surface area (Å²) in [5.74, 6) is -0.848. The number of rotatable bonds is 6. The molecule has 0 rings (SSSR count). The predicted octanol–water partition coefficient (Wildman–Crippen LogP) is 1.90. The molecule has 0 atom stereocenters. The van der Waals surface area contributed by atoms with Crippen molar-refractivity contribution in [2.24, 2.45) is 0 Å². The fraction of sp³-hybridized carbons (Fsp3) is 0.400. The van der Waals surface area contributed by atoms with Crippen LogP contribution in [0.4, 0.5) is 0 Å². The van der Waals surface area contributed by atoms with E-state index in [1.807, 2.05) is 0 Å². The maximum absolute atomic E-state index is 10.4. The minimum absolute atomic E-state index is 0.430. The van der Waals surface area contributed by atoms with Crippen LogP contribution in [-0.2, 0) is 22.6 Å². The van der Waals surface area contributed by atoms with E-state index in [0.717, 1.165) is 24.8 Å². The molecule has 0 aromatic heterocycles. The van der Waals surface area contributed by atoms with Crippen LogP contribution in [-0.4, -0.2) is 15.2 Å². The predicted molar refractivity (Wildman–Crippen MR) is 49.1 cm³/mol. The van der Waals surface area contributed by atoms with Gasteiger partial charge in [-0.25, -0.2) is 0 Å². The molecule has 0 fully saturated rings. The van der Waals surface area contributed by atoms with Crippen LogP contribution in [0, 0.1) is 6.58 Å². The van der Waals surface area contributed by atoms with Gasteiger partial charge >= 0.3 is 88.3 Å². The number of unbranched alkanes of at least 4 members (excludes halogenated alkanes) is 1. The average Bonchev–Trinajstić information content (AvgIpc) is 2.10. The zero-order chi connectivity index (χ0) is 10.3. The van der Waals surface area contributed by atoms with Gasteiger partial charge in [0.25, 0.3) is 0 Å². The van der Waals surface area contributed by atoms with Crippen LogP contribution in [0.3, 0.4) is 0 Å². The fourth-order valence-corrected chi connectivity index (χ4v) is 0.990. The third-order valence-electron chi connectivity index (χ3n) is 1.59. The normalized spacial score (nSPS) is 10.4. The van der Waals surface area contributed by atoms with Gasteiger partial charge in [-0.05, 0) is 0 Å². The molecule has 2 nitrogen and oxygen atoms in total. The molecule has 0 aliphatic carbocycles. The average molecular weight is 231 g/mol. The summed E-state index contributed by atoms with van der Waals surface area (Å²) in [6.45, 7) is 7.74. The first-order valence-corrected chi connectivity index (χ1v) is 5.77. The van der Waals surface area contributed by atoms with Crippen molar-refractivity contribution >= 4 is 10.1 Å². The molecule has 0 radical (unpaired) electrons. The molecule has 0 aromatic rings. The number of carbonyl (C=O) groups is 1. The summed E-state index contributed by atoms with van der Waals surface area (Å²) in [7, 11) is 0. The van der Waals surface area contributed by atoms with Crippen molar-refractivity contribution in [3.63, 3.8) is 0 Å². The topological polar surface area (TPSA) is 37.3 Å². The Bertz CT molecular complexity index is 241. The number of hydrogen-bond donors (Lipinski definition) is 1. The Kier molecular flexibility index (Phi) is 6.61. The summed E-state index contributed by atoms with van der Waals surface area (Å²) < 4.78 is 0.430. The summed E-state index contributed by atoms with van der Waals surface area (Å²) in [5.41, 5.74) is 0.758. The van der Waals surface area contributed by atoms with E-state index >= 15 is 0 Å². The minimum atomic E-state index is -0.848. The molecule has 3 heteroatoms. The van der Waals surface area contributed by atoms with Crippen LogP contribution in [0.5, 0.6) is 0 Å². The van der Waals surface area contributed by atoms with E-state index in [4.69, 9.17) is 11.7 Å². The second-order valence-corrected chi connectivity index (χ2v) is 4.44. The van der Waals surface area contributed by atoms with E-state index in [-0.39, 0.29) is 0 Å². The first kappa shape index (κ1) is 12.4. The molecule has 1 N–H and O–H groups in total. The number of carboxylic acids is 1. The second kappa shape index (κ2) is 6.91. The molecular formula is C10H13O2Zn-. The van der Waals surface area contributed by atoms with Gasteiger partial charge in [-0.15, -0.1) is 0 Å². The summed E-state index contributed by atoms with van der Waals surface area (Å²) in [4.78, 5) is 10.4. The fourth-order valence-electron chi connectivity index (χ4n) is 0.743. The van der Waals surface area contributed by atoms with Crippen molar-refractivity contribution in [3.8, 4) is 0 Å². The van der Waals surface area contributed by atoms with Gasteiger partial charge in [-0.3, -0.25) is 0 Å². The molecule has 0 aliphatic rings. The Balaban J connectivity index is 3.90. The summed E-state index contributed by atoms with van der Waals surface area (Å²) in [6, 6.07) is 0. The van der Waals surface area contributed by atoms with Crippen LogP contribution in [0.1, 0.15) is 26.2 Å². The van der Waals surface area contributed by atoms with Crippen LogP contribution < -0.4 is 0 Å². The number of hydrogen-bond acceptors (Lipinski definition) is 1. The molecule has 0 amide bonds. The standard InChI is InChI=1S/C10H13O2.Zn/c1-3-4-6-9(2)7-5-8-10(11)12;/h2,5,7H,3-4,6H2,1H3,(H,11,12);/q-1;/b7-5-;. The van der Waals surface area contributed by atoms with Gasteiger partial charge in [-0.1, -0.05) is 0 Å². The SMILES string of the molecule is [CH-]=C(/C=C\[C](=[Zn])C(=O)O)CCCC. The van der Waals surface area contributed by atoms with Crippen molar-refractivity contribution < 1.29 is 27.8 Å². The van der Waals surface area contributed by atoms with Crippen molar-refractivity contribution in [2.45, 2.75) is 26.2 Å². The van der Waals surface area contributed by atoms with E-state index in [1.54, 1.807) is 12.2 Å². The molecule has 0 heterocycles. The monoisotopic (exact) mass is 229 g/mol. The maximum atomic E-state index is 10.4. The van der Waals surface area contributed by atoms with Crippen molar-refractivity contribution in [2.75, 3.05) is 0 Å². The number of carboxylic acid groups (broad SMARTS) is 1. The van der Waals surface area contributed by atoms with Gasteiger partial charge in [0.05, 0.1) is 0 Å². The van der Waals surface area contributed by atoms with Crippen molar-refractivity contribution in [1.29, 1.82) is 0 Å². The van der Waals surface area contributed by atoms with E-state index in [1.165, 1.54) is 0 Å². The molecule has 0 saturated heterocycles. The van der Waals surface area contributed by atoms with Gasteiger partial charge in [0.15, 0.2) is 0 Å². The van der Waals surface area contributed by atoms with Crippen molar-refractivity contribution in [1.82, 2.24) is 0 Å². The summed E-state index contributed by atoms with van der Waals surface area (Å²) in [5, 5.41) is 8.56. The zero-order valence-electron chi connectivity index (χ0n) is 7.92. The Morgan fingerprint density at radius 3 is 2.62 bits per heavy atom. The first-order chi connectivity index (χ1) is 6.07. The molecule has 0 aromatic carbocycles. The number of allylic oxidation sites excluding steroid dienone is 2. The van der Waals surface area contributed by atoms with Gasteiger partial charge < -0.3 is 0 Å². The Morgan fingerprint density at radius 1 is 1.54 bits per heavy atom. The molecule has 0 saturated carbocycles. The molecule has 0 spiro atoms. The zero-order valence-corrected chi connectivity index (χ0v) is 10.9. The van der Waals surface area contributed by atoms with E-state index < -0.39 is 5.97 Å². The molecule has 0 bridgehead atoms. The van der Waals surface area contributed by atoms with Crippen LogP contribution in [0.15, 0.2) is 17.7 Å². The molecule has 68 valence electrons. The molecule has 13 heavy (non-hydrogen) atoms. The summed E-state index contributed by atoms with van der Waals surface area (Å²) in [6.07, 6.45) is 6.29. The Labute approximate surface area is 88.5 Å². The van der Waals surface area contributed by atoms with E-state index in [9.17, 15) is 4.79 Å². The van der Waals surface area contributed by atoms with E-state index in [0.29, 0.717) is 22.0 Å². The van der Waals surface area contributed by atoms with E-state index in [2.05, 4.69) is 6.92 Å². The summed E-state index contributed by atoms with van der Waals surface area (Å²) >= 11 is 0.646. The molecule has 0 unspecified atom stereocenters. The Hall–Kier alpha value is -0.557. The second-order valence-electron chi connectivity index (χ2n) is 2.84. The molecule has 0 aliphatic heterocycles. The van der Waals surface area contributed by atoms with Gasteiger partial charge in [0, 0.05) is 0 Å². The van der Waals surface area contributed by atoms with Crippen molar-refractivity contribution in [3.05, 3.63) is 24.3 Å². The van der Waals surface area contributed by atoms with Crippen LogP contribution in [0.2, 0.25) is 0 Å². The van der Waals surface area contributed by atoms with Gasteiger partial charge in [0.2, 0.25) is 0 Å². The first-order valence-electron chi connectivity index (χ1n) is 4.29. The van der Waals surface area contributed by atoms with Crippen LogP contribution >= 0.6 is 0 Å². The molecular weight excluding hydrogens is 217 g/mol. The van der Waals surface area contributed by atoms with Crippen LogP contribution in [0.25, 0.3) is 0 Å². The Morgan fingerprint density at radius 2 is 2.15 bits per heavy atom. The van der Waals surface area contributed by atoms with Gasteiger partial charge in [-0.2, -0.15) is 0 Å². The van der Waals surface area contributed by atoms with Gasteiger partial charge in [0.1, 0.15) is 0 Å². The number of aliphatic carboxylic acids is 1. The third-order valence-corrected chi connectivity index (χ3v) is 2.72. The quantitative estimate of drug-likeness (QED) is 0.430. The third kappa shape index (κ3) is 6.59.